The molecule has 1 aromatic rings. The Morgan fingerprint density at radius 2 is 1.68 bits per heavy atom. The summed E-state index contributed by atoms with van der Waals surface area (Å²) >= 11 is 0. The van der Waals surface area contributed by atoms with E-state index in [0.717, 1.165) is 11.9 Å². The lowest BCUT2D eigenvalue weighted by atomic mass is 10.2. The van der Waals surface area contributed by atoms with Crippen LogP contribution in [0.15, 0.2) is 18.2 Å². The van der Waals surface area contributed by atoms with E-state index in [9.17, 15) is 4.79 Å². The molecular weight excluding hydrogens is 257 g/mol. The zero-order chi connectivity index (χ0) is 14.8. The molecule has 0 unspecified atom stereocenters. The van der Waals surface area contributed by atoms with Crippen LogP contribution in [0.4, 0.5) is 0 Å². The fourth-order valence-corrected chi connectivity index (χ4v) is 5.79. The Kier molecular flexibility index (Phi) is 4.73. The van der Waals surface area contributed by atoms with Gasteiger partial charge in [-0.05, 0) is 22.4 Å². The number of carboxylic acid groups (broad SMARTS) is 1. The van der Waals surface area contributed by atoms with Gasteiger partial charge in [0.2, 0.25) is 0 Å². The van der Waals surface area contributed by atoms with Crippen molar-refractivity contribution < 1.29 is 9.90 Å². The summed E-state index contributed by atoms with van der Waals surface area (Å²) in [7, 11) is -0.306. The first kappa shape index (κ1) is 16.1. The van der Waals surface area contributed by atoms with Gasteiger partial charge in [0.05, 0.1) is 0 Å². The fraction of sp³-hybridized carbons (Fsp3) is 0.600. The molecule has 0 saturated heterocycles. The van der Waals surface area contributed by atoms with Gasteiger partial charge in [-0.25, -0.2) is 9.78 Å². The maximum Gasteiger partial charge on any atom is 0.354 e. The Morgan fingerprint density at radius 1 is 1.16 bits per heavy atom. The van der Waals surface area contributed by atoms with Gasteiger partial charge in [-0.3, -0.25) is 0 Å². The second-order valence-electron chi connectivity index (χ2n) is 6.75. The van der Waals surface area contributed by atoms with Crippen LogP contribution in [0, 0.1) is 0 Å². The molecule has 0 fully saturated rings. The zero-order valence-electron chi connectivity index (χ0n) is 12.7. The van der Waals surface area contributed by atoms with Crippen LogP contribution in [-0.2, 0) is 6.16 Å². The molecule has 0 aliphatic heterocycles. The molecule has 4 heteroatoms. The predicted octanol–water partition coefficient (Wildman–Crippen LogP) is 4.36. The highest BCUT2D eigenvalue weighted by Crippen LogP contribution is 2.60. The van der Waals surface area contributed by atoms with Crippen LogP contribution >= 0.6 is 7.92 Å². The summed E-state index contributed by atoms with van der Waals surface area (Å²) in [6.07, 6.45) is 0.865. The minimum Gasteiger partial charge on any atom is -0.477 e. The molecule has 1 heterocycles. The third kappa shape index (κ3) is 4.58. The largest absolute Gasteiger partial charge is 0.477 e. The standard InChI is InChI=1S/C15H24NO2P/c1-14(2,3)19(15(4,5)6)10-11-8-7-9-12(16-11)13(17)18/h7-9H,10H2,1-6H3,(H,17,18). The van der Waals surface area contributed by atoms with Crippen LogP contribution in [0.2, 0.25) is 0 Å². The van der Waals surface area contributed by atoms with E-state index >= 15 is 0 Å². The minimum absolute atomic E-state index is 0.135. The van der Waals surface area contributed by atoms with E-state index in [4.69, 9.17) is 5.11 Å². The van der Waals surface area contributed by atoms with Crippen molar-refractivity contribution in [2.75, 3.05) is 0 Å². The Labute approximate surface area is 117 Å². The number of rotatable bonds is 3. The second-order valence-corrected chi connectivity index (χ2v) is 10.6. The molecule has 1 rings (SSSR count). The van der Waals surface area contributed by atoms with Crippen LogP contribution in [0.3, 0.4) is 0 Å². The number of carboxylic acids is 1. The van der Waals surface area contributed by atoms with E-state index in [1.807, 2.05) is 6.07 Å². The van der Waals surface area contributed by atoms with Gasteiger partial charge >= 0.3 is 5.97 Å². The number of pyridine rings is 1. The topological polar surface area (TPSA) is 50.2 Å². The molecule has 0 spiro atoms. The lowest BCUT2D eigenvalue weighted by Crippen LogP contribution is -2.26. The molecule has 0 aliphatic carbocycles. The first-order chi connectivity index (χ1) is 8.51. The van der Waals surface area contributed by atoms with Crippen LogP contribution in [-0.4, -0.2) is 26.4 Å². The SMILES string of the molecule is CC(C)(C)P(Cc1cccc(C(=O)O)n1)C(C)(C)C. The molecule has 1 aromatic heterocycles. The van der Waals surface area contributed by atoms with E-state index in [-0.39, 0.29) is 23.9 Å². The van der Waals surface area contributed by atoms with Gasteiger partial charge in [-0.1, -0.05) is 55.5 Å². The predicted molar refractivity (Wildman–Crippen MR) is 81.3 cm³/mol. The van der Waals surface area contributed by atoms with Gasteiger partial charge in [0.25, 0.3) is 0 Å². The highest BCUT2D eigenvalue weighted by Gasteiger charge is 2.34. The lowest BCUT2D eigenvalue weighted by molar-refractivity contribution is 0.0690. The molecular formula is C15H24NO2P. The summed E-state index contributed by atoms with van der Waals surface area (Å²) in [5.74, 6) is -0.960. The molecule has 106 valence electrons. The van der Waals surface area contributed by atoms with E-state index in [1.165, 1.54) is 0 Å². The number of aromatic carboxylic acids is 1. The summed E-state index contributed by atoms with van der Waals surface area (Å²) < 4.78 is 0. The van der Waals surface area contributed by atoms with Crippen molar-refractivity contribution in [2.45, 2.75) is 58.0 Å². The number of nitrogens with zero attached hydrogens (tertiary/aromatic N) is 1. The molecule has 0 aliphatic rings. The molecule has 0 bridgehead atoms. The van der Waals surface area contributed by atoms with Gasteiger partial charge in [0.15, 0.2) is 0 Å². The Morgan fingerprint density at radius 3 is 2.11 bits per heavy atom. The normalized spacial score (nSPS) is 12.8. The summed E-state index contributed by atoms with van der Waals surface area (Å²) in [5, 5.41) is 9.44. The quantitative estimate of drug-likeness (QED) is 0.837. The number of carbonyl (C=O) groups is 1. The van der Waals surface area contributed by atoms with E-state index < -0.39 is 5.97 Å². The van der Waals surface area contributed by atoms with Crippen molar-refractivity contribution in [3.05, 3.63) is 29.6 Å². The van der Waals surface area contributed by atoms with E-state index in [2.05, 4.69) is 46.5 Å². The van der Waals surface area contributed by atoms with Crippen LogP contribution in [0.5, 0.6) is 0 Å². The van der Waals surface area contributed by atoms with Crippen molar-refractivity contribution in [1.29, 1.82) is 0 Å². The summed E-state index contributed by atoms with van der Waals surface area (Å²) in [6, 6.07) is 5.26. The maximum absolute atomic E-state index is 11.0. The highest BCUT2D eigenvalue weighted by molar-refractivity contribution is 7.60. The molecule has 0 atom stereocenters. The smallest absolute Gasteiger partial charge is 0.354 e. The Hall–Kier alpha value is -0.950. The van der Waals surface area contributed by atoms with Crippen LogP contribution in [0.25, 0.3) is 0 Å². The highest BCUT2D eigenvalue weighted by atomic mass is 31.1. The van der Waals surface area contributed by atoms with Crippen molar-refractivity contribution >= 4 is 13.9 Å². The first-order valence-corrected chi connectivity index (χ1v) is 8.01. The Bertz CT molecular complexity index is 444. The molecule has 3 nitrogen and oxygen atoms in total. The molecule has 0 amide bonds. The number of hydrogen-bond donors (Lipinski definition) is 1. The maximum atomic E-state index is 11.0. The van der Waals surface area contributed by atoms with Crippen LogP contribution in [0.1, 0.15) is 57.7 Å². The van der Waals surface area contributed by atoms with Gasteiger partial charge in [-0.2, -0.15) is 0 Å². The molecule has 19 heavy (non-hydrogen) atoms. The third-order valence-electron chi connectivity index (χ3n) is 2.97. The van der Waals surface area contributed by atoms with Crippen molar-refractivity contribution in [3.8, 4) is 0 Å². The van der Waals surface area contributed by atoms with Crippen molar-refractivity contribution in [1.82, 2.24) is 4.98 Å². The van der Waals surface area contributed by atoms with Crippen LogP contribution < -0.4 is 0 Å². The van der Waals surface area contributed by atoms with Gasteiger partial charge in [0.1, 0.15) is 5.69 Å². The van der Waals surface area contributed by atoms with Gasteiger partial charge in [-0.15, -0.1) is 0 Å². The first-order valence-electron chi connectivity index (χ1n) is 6.49. The van der Waals surface area contributed by atoms with Gasteiger partial charge < -0.3 is 5.11 Å². The van der Waals surface area contributed by atoms with Crippen molar-refractivity contribution in [2.24, 2.45) is 0 Å². The number of hydrogen-bond acceptors (Lipinski definition) is 2. The average Bonchev–Trinajstić information content (AvgIpc) is 2.23. The second kappa shape index (κ2) is 5.58. The average molecular weight is 281 g/mol. The van der Waals surface area contributed by atoms with Gasteiger partial charge in [0, 0.05) is 11.9 Å². The summed E-state index contributed by atoms with van der Waals surface area (Å²) in [6.45, 7) is 13.5. The third-order valence-corrected chi connectivity index (χ3v) is 6.84. The lowest BCUT2D eigenvalue weighted by Gasteiger charge is -2.41. The fourth-order valence-electron chi connectivity index (χ4n) is 2.33. The zero-order valence-corrected chi connectivity index (χ0v) is 13.6. The summed E-state index contributed by atoms with van der Waals surface area (Å²) in [4.78, 5) is 15.2. The van der Waals surface area contributed by atoms with Crippen molar-refractivity contribution in [3.63, 3.8) is 0 Å². The molecule has 1 N–H and O–H groups in total. The van der Waals surface area contributed by atoms with E-state index in [0.29, 0.717) is 0 Å². The molecule has 0 radical (unpaired) electrons. The molecule has 0 saturated carbocycles. The number of aromatic nitrogens is 1. The molecule has 0 aromatic carbocycles. The minimum atomic E-state index is -0.960. The van der Waals surface area contributed by atoms with E-state index in [1.54, 1.807) is 12.1 Å². The summed E-state index contributed by atoms with van der Waals surface area (Å²) in [5.41, 5.74) is 1.02. The monoisotopic (exact) mass is 281 g/mol. The Balaban J connectivity index is 3.04.